The van der Waals surface area contributed by atoms with Crippen molar-refractivity contribution in [3.8, 4) is 0 Å². The van der Waals surface area contributed by atoms with E-state index in [4.69, 9.17) is 5.11 Å². The van der Waals surface area contributed by atoms with E-state index >= 15 is 0 Å². The van der Waals surface area contributed by atoms with Gasteiger partial charge in [-0.15, -0.1) is 0 Å². The number of amides is 1. The van der Waals surface area contributed by atoms with Crippen LogP contribution in [-0.4, -0.2) is 60.3 Å². The van der Waals surface area contributed by atoms with Crippen molar-refractivity contribution in [1.82, 2.24) is 9.21 Å². The second-order valence-corrected chi connectivity index (χ2v) is 7.61. The molecule has 0 spiro atoms. The van der Waals surface area contributed by atoms with E-state index in [9.17, 15) is 18.0 Å². The van der Waals surface area contributed by atoms with E-state index < -0.39 is 21.9 Å². The summed E-state index contributed by atoms with van der Waals surface area (Å²) in [4.78, 5) is 24.9. The molecule has 1 amide bonds. The summed E-state index contributed by atoms with van der Waals surface area (Å²) in [6, 6.07) is 5.73. The molecule has 24 heavy (non-hydrogen) atoms. The van der Waals surface area contributed by atoms with Crippen LogP contribution >= 0.6 is 0 Å². The molecule has 0 saturated heterocycles. The summed E-state index contributed by atoms with van der Waals surface area (Å²) in [7, 11) is -3.66. The van der Waals surface area contributed by atoms with Gasteiger partial charge in [-0.25, -0.2) is 8.42 Å². The second-order valence-electron chi connectivity index (χ2n) is 5.68. The molecule has 1 aliphatic rings. The molecular formula is C16H22N2O5S. The van der Waals surface area contributed by atoms with E-state index in [2.05, 4.69) is 0 Å². The average molecular weight is 354 g/mol. The summed E-state index contributed by atoms with van der Waals surface area (Å²) in [5, 5.41) is 8.98. The van der Waals surface area contributed by atoms with Gasteiger partial charge in [0.1, 0.15) is 6.54 Å². The third-order valence-corrected chi connectivity index (χ3v) is 6.02. The Morgan fingerprint density at radius 3 is 2.33 bits per heavy atom. The predicted molar refractivity (Wildman–Crippen MR) is 88.2 cm³/mol. The molecule has 0 atom stereocenters. The number of carbonyl (C=O) groups is 2. The predicted octanol–water partition coefficient (Wildman–Crippen LogP) is 1.41. The Bertz CT molecular complexity index is 724. The number of carboxylic acid groups (broad SMARTS) is 1. The molecule has 2 rings (SSSR count). The number of hydrogen-bond donors (Lipinski definition) is 1. The molecular weight excluding hydrogens is 332 g/mol. The zero-order valence-corrected chi connectivity index (χ0v) is 14.6. The van der Waals surface area contributed by atoms with Gasteiger partial charge in [-0.2, -0.15) is 4.31 Å². The van der Waals surface area contributed by atoms with Crippen LogP contribution in [-0.2, 0) is 14.8 Å². The molecule has 0 unspecified atom stereocenters. The summed E-state index contributed by atoms with van der Waals surface area (Å²) in [6.45, 7) is 3.79. The van der Waals surface area contributed by atoms with Crippen molar-refractivity contribution in [2.24, 2.45) is 0 Å². The zero-order chi connectivity index (χ0) is 17.9. The number of sulfonamides is 1. The Morgan fingerprint density at radius 2 is 1.83 bits per heavy atom. The van der Waals surface area contributed by atoms with Crippen LogP contribution in [0.15, 0.2) is 29.2 Å². The molecule has 0 aliphatic heterocycles. The lowest BCUT2D eigenvalue weighted by Crippen LogP contribution is -2.37. The number of carboxylic acids is 1. The number of benzene rings is 1. The molecule has 0 heterocycles. The lowest BCUT2D eigenvalue weighted by Gasteiger charge is -2.21. The van der Waals surface area contributed by atoms with Crippen molar-refractivity contribution in [2.75, 3.05) is 19.6 Å². The van der Waals surface area contributed by atoms with E-state index in [-0.39, 0.29) is 23.0 Å². The van der Waals surface area contributed by atoms with Crippen molar-refractivity contribution >= 4 is 21.9 Å². The molecule has 1 aromatic rings. The quantitative estimate of drug-likeness (QED) is 0.761. The van der Waals surface area contributed by atoms with Crippen LogP contribution in [0.5, 0.6) is 0 Å². The molecule has 8 heteroatoms. The molecule has 1 aromatic carbocycles. The van der Waals surface area contributed by atoms with Crippen LogP contribution in [0, 0.1) is 0 Å². The Kier molecular flexibility index (Phi) is 5.61. The van der Waals surface area contributed by atoms with Crippen LogP contribution in [0.4, 0.5) is 0 Å². The van der Waals surface area contributed by atoms with Gasteiger partial charge in [-0.1, -0.05) is 19.9 Å². The van der Waals surface area contributed by atoms with Crippen LogP contribution < -0.4 is 0 Å². The van der Waals surface area contributed by atoms with Gasteiger partial charge in [0, 0.05) is 24.7 Å². The summed E-state index contributed by atoms with van der Waals surface area (Å²) in [6.07, 6.45) is 1.55. The average Bonchev–Trinajstić information content (AvgIpc) is 3.37. The first kappa shape index (κ1) is 18.4. The first-order valence-electron chi connectivity index (χ1n) is 7.94. The Labute approximate surface area is 141 Å². The zero-order valence-electron chi connectivity index (χ0n) is 13.8. The fraction of sp³-hybridized carbons (Fsp3) is 0.500. The van der Waals surface area contributed by atoms with Gasteiger partial charge in [0.2, 0.25) is 10.0 Å². The third-order valence-electron chi connectivity index (χ3n) is 3.98. The highest BCUT2D eigenvalue weighted by Crippen LogP contribution is 2.28. The monoisotopic (exact) mass is 354 g/mol. The Morgan fingerprint density at radius 1 is 1.21 bits per heavy atom. The maximum absolute atomic E-state index is 12.6. The normalized spacial score (nSPS) is 14.6. The molecule has 0 bridgehead atoms. The van der Waals surface area contributed by atoms with Crippen molar-refractivity contribution in [2.45, 2.75) is 37.6 Å². The molecule has 1 saturated carbocycles. The number of carbonyl (C=O) groups excluding carboxylic acids is 1. The first-order valence-corrected chi connectivity index (χ1v) is 9.38. The topological polar surface area (TPSA) is 95.0 Å². The maximum Gasteiger partial charge on any atom is 0.323 e. The largest absolute Gasteiger partial charge is 0.480 e. The van der Waals surface area contributed by atoms with E-state index in [1.54, 1.807) is 13.8 Å². The van der Waals surface area contributed by atoms with Gasteiger partial charge in [-0.3, -0.25) is 9.59 Å². The molecule has 1 aliphatic carbocycles. The van der Waals surface area contributed by atoms with E-state index in [1.165, 1.54) is 33.5 Å². The Balaban J connectivity index is 2.32. The second kappa shape index (κ2) is 7.31. The molecule has 7 nitrogen and oxygen atoms in total. The van der Waals surface area contributed by atoms with Crippen molar-refractivity contribution < 1.29 is 23.1 Å². The number of rotatable bonds is 8. The van der Waals surface area contributed by atoms with E-state index in [0.717, 1.165) is 12.8 Å². The summed E-state index contributed by atoms with van der Waals surface area (Å²) in [5.74, 6) is -1.53. The standard InChI is InChI=1S/C16H22N2O5S/c1-3-17(4-2)24(22,23)14-7-5-6-12(10-14)16(21)18(11-15(19)20)13-8-9-13/h5-7,10,13H,3-4,8-9,11H2,1-2H3,(H,19,20). The Hall–Kier alpha value is -1.93. The van der Waals surface area contributed by atoms with E-state index in [0.29, 0.717) is 13.1 Å². The molecule has 132 valence electrons. The fourth-order valence-corrected chi connectivity index (χ4v) is 4.07. The summed E-state index contributed by atoms with van der Waals surface area (Å²) < 4.78 is 26.5. The van der Waals surface area contributed by atoms with Gasteiger partial charge >= 0.3 is 5.97 Å². The number of hydrogen-bond acceptors (Lipinski definition) is 4. The SMILES string of the molecule is CCN(CC)S(=O)(=O)c1cccc(C(=O)N(CC(=O)O)C2CC2)c1. The highest BCUT2D eigenvalue weighted by molar-refractivity contribution is 7.89. The van der Waals surface area contributed by atoms with Gasteiger partial charge in [-0.05, 0) is 31.0 Å². The minimum absolute atomic E-state index is 0.0446. The first-order chi connectivity index (χ1) is 11.3. The van der Waals surface area contributed by atoms with Crippen LogP contribution in [0.1, 0.15) is 37.0 Å². The molecule has 1 fully saturated rings. The molecule has 0 radical (unpaired) electrons. The van der Waals surface area contributed by atoms with Gasteiger partial charge < -0.3 is 10.0 Å². The van der Waals surface area contributed by atoms with Crippen molar-refractivity contribution in [3.05, 3.63) is 29.8 Å². The van der Waals surface area contributed by atoms with Crippen LogP contribution in [0.3, 0.4) is 0 Å². The van der Waals surface area contributed by atoms with Gasteiger partial charge in [0.15, 0.2) is 0 Å². The highest BCUT2D eigenvalue weighted by Gasteiger charge is 2.34. The molecule has 1 N–H and O–H groups in total. The lowest BCUT2D eigenvalue weighted by atomic mass is 10.2. The summed E-state index contributed by atoms with van der Waals surface area (Å²) >= 11 is 0. The van der Waals surface area contributed by atoms with Crippen LogP contribution in [0.2, 0.25) is 0 Å². The van der Waals surface area contributed by atoms with Gasteiger partial charge in [0.05, 0.1) is 4.90 Å². The highest BCUT2D eigenvalue weighted by atomic mass is 32.2. The smallest absolute Gasteiger partial charge is 0.323 e. The summed E-state index contributed by atoms with van der Waals surface area (Å²) in [5.41, 5.74) is 0.191. The maximum atomic E-state index is 12.6. The minimum Gasteiger partial charge on any atom is -0.480 e. The van der Waals surface area contributed by atoms with Crippen molar-refractivity contribution in [3.63, 3.8) is 0 Å². The van der Waals surface area contributed by atoms with Crippen molar-refractivity contribution in [1.29, 1.82) is 0 Å². The lowest BCUT2D eigenvalue weighted by molar-refractivity contribution is -0.137. The number of aliphatic carboxylic acids is 1. The van der Waals surface area contributed by atoms with E-state index in [1.807, 2.05) is 0 Å². The van der Waals surface area contributed by atoms with Crippen LogP contribution in [0.25, 0.3) is 0 Å². The third kappa shape index (κ3) is 3.93. The molecule has 0 aromatic heterocycles. The van der Waals surface area contributed by atoms with Gasteiger partial charge in [0.25, 0.3) is 5.91 Å². The minimum atomic E-state index is -3.66. The number of nitrogens with zero attached hydrogens (tertiary/aromatic N) is 2. The fourth-order valence-electron chi connectivity index (χ4n) is 2.57.